The van der Waals surface area contributed by atoms with Crippen molar-refractivity contribution in [2.24, 2.45) is 0 Å². The van der Waals surface area contributed by atoms with Crippen molar-refractivity contribution < 1.29 is 34.1 Å². The number of aliphatic carboxylic acids is 1. The lowest BCUT2D eigenvalue weighted by Gasteiger charge is -2.35. The molecule has 1 aliphatic heterocycles. The molecule has 1 aromatic carbocycles. The Kier molecular flexibility index (Phi) is 5.08. The number of rotatable bonds is 6. The molecule has 1 unspecified atom stereocenters. The minimum absolute atomic E-state index is 0.185. The number of cyclic esters (lactones) is 1. The Morgan fingerprint density at radius 2 is 1.88 bits per heavy atom. The Morgan fingerprint density at radius 3 is 2.42 bits per heavy atom. The average molecular weight is 335 g/mol. The van der Waals surface area contributed by atoms with Gasteiger partial charge in [-0.2, -0.15) is 0 Å². The number of ether oxygens (including phenoxy) is 2. The smallest absolute Gasteiger partial charge is 0.354 e. The van der Waals surface area contributed by atoms with Gasteiger partial charge in [-0.15, -0.1) is 0 Å². The van der Waals surface area contributed by atoms with E-state index in [1.54, 1.807) is 6.92 Å². The second-order valence-electron chi connectivity index (χ2n) is 5.17. The summed E-state index contributed by atoms with van der Waals surface area (Å²) < 4.78 is 10.6. The Labute approximate surface area is 137 Å². The van der Waals surface area contributed by atoms with Crippen molar-refractivity contribution in [3.05, 3.63) is 47.4 Å². The maximum Gasteiger partial charge on any atom is 0.354 e. The van der Waals surface area contributed by atoms with E-state index in [4.69, 9.17) is 14.6 Å². The van der Waals surface area contributed by atoms with Crippen molar-refractivity contribution in [1.82, 2.24) is 5.32 Å². The highest BCUT2D eigenvalue weighted by atomic mass is 16.8. The third-order valence-electron chi connectivity index (χ3n) is 3.46. The van der Waals surface area contributed by atoms with Crippen LogP contribution in [0.1, 0.15) is 18.9 Å². The van der Waals surface area contributed by atoms with Gasteiger partial charge >= 0.3 is 17.9 Å². The number of hydrogen-bond acceptors (Lipinski definition) is 6. The minimum Gasteiger partial charge on any atom is -0.480 e. The maximum absolute atomic E-state index is 12.1. The number of esters is 1. The molecule has 0 fully saturated rings. The van der Waals surface area contributed by atoms with Crippen LogP contribution < -0.4 is 5.32 Å². The fourth-order valence-electron chi connectivity index (χ4n) is 2.24. The molecule has 8 nitrogen and oxygen atoms in total. The normalized spacial score (nSPS) is 20.1. The molecule has 0 spiro atoms. The van der Waals surface area contributed by atoms with Crippen LogP contribution >= 0.6 is 0 Å². The van der Waals surface area contributed by atoms with Gasteiger partial charge in [0.1, 0.15) is 6.54 Å². The van der Waals surface area contributed by atoms with E-state index >= 15 is 0 Å². The van der Waals surface area contributed by atoms with Gasteiger partial charge in [0.25, 0.3) is 11.7 Å². The number of benzene rings is 1. The first kappa shape index (κ1) is 17.3. The van der Waals surface area contributed by atoms with Crippen molar-refractivity contribution in [2.75, 3.05) is 6.54 Å². The van der Waals surface area contributed by atoms with Gasteiger partial charge in [-0.3, -0.25) is 9.59 Å². The van der Waals surface area contributed by atoms with Gasteiger partial charge in [-0.05, 0) is 5.56 Å². The number of aliphatic hydroxyl groups is 1. The molecule has 24 heavy (non-hydrogen) atoms. The zero-order chi connectivity index (χ0) is 17.7. The van der Waals surface area contributed by atoms with E-state index in [1.165, 1.54) is 0 Å². The van der Waals surface area contributed by atoms with E-state index in [1.807, 2.05) is 35.6 Å². The van der Waals surface area contributed by atoms with Crippen LogP contribution in [0.4, 0.5) is 0 Å². The summed E-state index contributed by atoms with van der Waals surface area (Å²) in [5, 5.41) is 20.5. The quantitative estimate of drug-likeness (QED) is 0.521. The molecule has 0 aliphatic carbocycles. The average Bonchev–Trinajstić information content (AvgIpc) is 2.53. The summed E-state index contributed by atoms with van der Waals surface area (Å²) in [6.07, 6.45) is 0.423. The molecule has 0 aromatic heterocycles. The summed E-state index contributed by atoms with van der Waals surface area (Å²) in [6, 6.07) is 9.07. The van der Waals surface area contributed by atoms with E-state index in [2.05, 4.69) is 0 Å². The molecule has 0 radical (unpaired) electrons. The number of hydrogen-bond donors (Lipinski definition) is 3. The monoisotopic (exact) mass is 335 g/mol. The summed E-state index contributed by atoms with van der Waals surface area (Å²) in [6.45, 7) is 1.00. The predicted octanol–water partition coefficient (Wildman–Crippen LogP) is 0.879. The molecular weight excluding hydrogens is 318 g/mol. The van der Waals surface area contributed by atoms with Crippen LogP contribution in [0.25, 0.3) is 0 Å². The lowest BCUT2D eigenvalue weighted by atomic mass is 10.0. The molecule has 0 saturated heterocycles. The zero-order valence-corrected chi connectivity index (χ0v) is 12.9. The minimum atomic E-state index is -1.43. The summed E-state index contributed by atoms with van der Waals surface area (Å²) >= 11 is 0. The number of amides is 1. The number of nitrogens with one attached hydrogen (secondary N) is 1. The molecule has 1 amide bonds. The molecule has 1 heterocycles. The lowest BCUT2D eigenvalue weighted by Crippen LogP contribution is -2.47. The maximum atomic E-state index is 12.1. The predicted molar refractivity (Wildman–Crippen MR) is 80.6 cm³/mol. The number of carbonyl (C=O) groups excluding carboxylic acids is 2. The van der Waals surface area contributed by atoms with Gasteiger partial charge in [0.2, 0.25) is 5.57 Å². The number of carboxylic acid groups (broad SMARTS) is 1. The molecule has 1 aliphatic rings. The number of aliphatic hydroxyl groups excluding tert-OH is 1. The van der Waals surface area contributed by atoms with Crippen LogP contribution in [0.5, 0.6) is 0 Å². The molecule has 1 atom stereocenters. The van der Waals surface area contributed by atoms with Crippen molar-refractivity contribution in [2.45, 2.75) is 25.6 Å². The highest BCUT2D eigenvalue weighted by molar-refractivity contribution is 6.17. The summed E-state index contributed by atoms with van der Waals surface area (Å²) in [4.78, 5) is 34.4. The molecule has 8 heteroatoms. The van der Waals surface area contributed by atoms with Gasteiger partial charge < -0.3 is 25.0 Å². The second kappa shape index (κ2) is 7.03. The Bertz CT molecular complexity index is 683. The first-order valence-electron chi connectivity index (χ1n) is 7.26. The fraction of sp³-hybridized carbons (Fsp3) is 0.312. The van der Waals surface area contributed by atoms with Gasteiger partial charge in [0, 0.05) is 6.42 Å². The van der Waals surface area contributed by atoms with E-state index in [0.29, 0.717) is 0 Å². The van der Waals surface area contributed by atoms with Crippen molar-refractivity contribution in [3.63, 3.8) is 0 Å². The van der Waals surface area contributed by atoms with E-state index in [0.717, 1.165) is 5.56 Å². The largest absolute Gasteiger partial charge is 0.480 e. The SMILES string of the molecule is CCC1(Cc2ccccc2)OC(=O)C(C(=O)NCC(=O)O)=C(O)O1. The molecule has 2 rings (SSSR count). The summed E-state index contributed by atoms with van der Waals surface area (Å²) in [5.41, 5.74) is 0.0621. The molecule has 0 saturated carbocycles. The van der Waals surface area contributed by atoms with E-state index in [9.17, 15) is 19.5 Å². The van der Waals surface area contributed by atoms with Gasteiger partial charge in [-0.1, -0.05) is 37.3 Å². The Hall–Kier alpha value is -3.03. The Balaban J connectivity index is 2.21. The molecule has 0 bridgehead atoms. The van der Waals surface area contributed by atoms with Crippen LogP contribution in [0, 0.1) is 0 Å². The standard InChI is InChI=1S/C16H17NO7/c1-2-16(8-10-6-4-3-5-7-10)23-14(21)12(15(22)24-16)13(20)17-9-11(18)19/h3-7,21H,2,8-9H2,1H3,(H,17,20)(H,18,19). The van der Waals surface area contributed by atoms with Crippen LogP contribution in [0.15, 0.2) is 41.9 Å². The van der Waals surface area contributed by atoms with Crippen LogP contribution in [0.3, 0.4) is 0 Å². The van der Waals surface area contributed by atoms with Crippen molar-refractivity contribution in [1.29, 1.82) is 0 Å². The topological polar surface area (TPSA) is 122 Å². The first-order chi connectivity index (χ1) is 11.4. The molecule has 1 aromatic rings. The summed E-state index contributed by atoms with van der Waals surface area (Å²) in [5.74, 6) is -5.75. The molecule has 3 N–H and O–H groups in total. The fourth-order valence-corrected chi connectivity index (χ4v) is 2.24. The summed E-state index contributed by atoms with van der Waals surface area (Å²) in [7, 11) is 0. The van der Waals surface area contributed by atoms with Crippen LogP contribution in [-0.2, 0) is 30.3 Å². The van der Waals surface area contributed by atoms with Crippen LogP contribution in [0.2, 0.25) is 0 Å². The first-order valence-corrected chi connectivity index (χ1v) is 7.26. The van der Waals surface area contributed by atoms with Crippen molar-refractivity contribution in [3.8, 4) is 0 Å². The van der Waals surface area contributed by atoms with Gasteiger partial charge in [-0.25, -0.2) is 4.79 Å². The third-order valence-corrected chi connectivity index (χ3v) is 3.46. The second-order valence-corrected chi connectivity index (χ2v) is 5.17. The molecular formula is C16H17NO7. The van der Waals surface area contributed by atoms with Gasteiger partial charge in [0.15, 0.2) is 0 Å². The highest BCUT2D eigenvalue weighted by Gasteiger charge is 2.45. The van der Waals surface area contributed by atoms with Crippen LogP contribution in [-0.4, -0.2) is 40.4 Å². The third kappa shape index (κ3) is 3.83. The van der Waals surface area contributed by atoms with E-state index < -0.39 is 41.7 Å². The Morgan fingerprint density at radius 1 is 1.21 bits per heavy atom. The van der Waals surface area contributed by atoms with E-state index in [-0.39, 0.29) is 12.8 Å². The zero-order valence-electron chi connectivity index (χ0n) is 12.9. The lowest BCUT2D eigenvalue weighted by molar-refractivity contribution is -0.239. The van der Waals surface area contributed by atoms with Gasteiger partial charge in [0.05, 0.1) is 6.42 Å². The number of carbonyl (C=O) groups is 3. The van der Waals surface area contributed by atoms with Crippen molar-refractivity contribution >= 4 is 17.8 Å². The number of carboxylic acids is 1. The highest BCUT2D eigenvalue weighted by Crippen LogP contribution is 2.32. The molecule has 128 valence electrons.